The van der Waals surface area contributed by atoms with E-state index in [-0.39, 0.29) is 6.04 Å². The van der Waals surface area contributed by atoms with Crippen molar-refractivity contribution in [3.63, 3.8) is 0 Å². The number of hydrogen-bond acceptors (Lipinski definition) is 2. The molecular weight excluding hydrogens is 166 g/mol. The van der Waals surface area contributed by atoms with Crippen LogP contribution in [0.15, 0.2) is 12.2 Å². The Kier molecular flexibility index (Phi) is 2.36. The third kappa shape index (κ3) is 1.61. The lowest BCUT2D eigenvalue weighted by Gasteiger charge is -2.26. The molecule has 3 heteroatoms. The summed E-state index contributed by atoms with van der Waals surface area (Å²) >= 11 is 0. The second-order valence-corrected chi connectivity index (χ2v) is 3.81. The van der Waals surface area contributed by atoms with E-state index in [2.05, 4.69) is 17.1 Å². The van der Waals surface area contributed by atoms with Crippen molar-refractivity contribution in [2.24, 2.45) is 0 Å². The topological polar surface area (TPSA) is 40.5 Å². The summed E-state index contributed by atoms with van der Waals surface area (Å²) < 4.78 is 0. The molecule has 1 aliphatic carbocycles. The van der Waals surface area contributed by atoms with Gasteiger partial charge in [-0.2, -0.15) is 0 Å². The van der Waals surface area contributed by atoms with Crippen LogP contribution in [0, 0.1) is 0 Å². The highest BCUT2D eigenvalue weighted by molar-refractivity contribution is 5.73. The first-order valence-electron chi connectivity index (χ1n) is 4.94. The van der Waals surface area contributed by atoms with Gasteiger partial charge in [0.25, 0.3) is 0 Å². The van der Waals surface area contributed by atoms with Crippen molar-refractivity contribution < 1.29 is 9.90 Å². The van der Waals surface area contributed by atoms with Crippen LogP contribution in [0.2, 0.25) is 0 Å². The lowest BCUT2D eigenvalue weighted by Crippen LogP contribution is -2.41. The van der Waals surface area contributed by atoms with E-state index in [1.165, 1.54) is 0 Å². The van der Waals surface area contributed by atoms with E-state index in [1.54, 1.807) is 0 Å². The molecule has 0 aromatic rings. The van der Waals surface area contributed by atoms with Gasteiger partial charge >= 0.3 is 5.97 Å². The predicted octanol–water partition coefficient (Wildman–Crippen LogP) is 1.25. The lowest BCUT2D eigenvalue weighted by molar-refractivity contribution is -0.142. The highest BCUT2D eigenvalue weighted by Gasteiger charge is 2.34. The minimum atomic E-state index is -0.655. The average molecular weight is 181 g/mol. The minimum absolute atomic E-state index is 0.229. The number of allylic oxidation sites excluding steroid dienone is 1. The van der Waals surface area contributed by atoms with Gasteiger partial charge in [-0.05, 0) is 32.2 Å². The Morgan fingerprint density at radius 2 is 2.31 bits per heavy atom. The molecule has 0 spiro atoms. The number of nitrogens with zero attached hydrogens (tertiary/aromatic N) is 1. The highest BCUT2D eigenvalue weighted by atomic mass is 16.4. The zero-order valence-electron chi connectivity index (χ0n) is 7.65. The van der Waals surface area contributed by atoms with Gasteiger partial charge in [0.1, 0.15) is 6.04 Å². The summed E-state index contributed by atoms with van der Waals surface area (Å²) in [5.41, 5.74) is 0. The smallest absolute Gasteiger partial charge is 0.320 e. The fourth-order valence-electron chi connectivity index (χ4n) is 2.34. The van der Waals surface area contributed by atoms with E-state index in [9.17, 15) is 4.79 Å². The SMILES string of the molecule is O=C(O)[C@@H]1CCCN1[C@@H]1C=CCC1. The van der Waals surface area contributed by atoms with Crippen LogP contribution in [-0.4, -0.2) is 34.6 Å². The Morgan fingerprint density at radius 3 is 2.92 bits per heavy atom. The van der Waals surface area contributed by atoms with Crippen molar-refractivity contribution in [2.75, 3.05) is 6.54 Å². The van der Waals surface area contributed by atoms with E-state index in [0.717, 1.165) is 32.2 Å². The van der Waals surface area contributed by atoms with Gasteiger partial charge in [0.15, 0.2) is 0 Å². The van der Waals surface area contributed by atoms with Crippen LogP contribution >= 0.6 is 0 Å². The number of likely N-dealkylation sites (tertiary alicyclic amines) is 1. The van der Waals surface area contributed by atoms with Crippen LogP contribution in [-0.2, 0) is 4.79 Å². The molecular formula is C10H15NO2. The van der Waals surface area contributed by atoms with E-state index < -0.39 is 5.97 Å². The van der Waals surface area contributed by atoms with Gasteiger partial charge in [0.2, 0.25) is 0 Å². The molecule has 3 nitrogen and oxygen atoms in total. The van der Waals surface area contributed by atoms with Crippen LogP contribution in [0.4, 0.5) is 0 Å². The maximum absolute atomic E-state index is 10.9. The molecule has 1 saturated heterocycles. The van der Waals surface area contributed by atoms with E-state index >= 15 is 0 Å². The third-order valence-electron chi connectivity index (χ3n) is 2.99. The maximum Gasteiger partial charge on any atom is 0.320 e. The van der Waals surface area contributed by atoms with Crippen LogP contribution < -0.4 is 0 Å². The quantitative estimate of drug-likeness (QED) is 0.652. The summed E-state index contributed by atoms with van der Waals surface area (Å²) in [6.45, 7) is 0.950. The fraction of sp³-hybridized carbons (Fsp3) is 0.700. The molecule has 0 unspecified atom stereocenters. The standard InChI is InChI=1S/C10H15NO2/c12-10(13)9-6-3-7-11(9)8-4-1-2-5-8/h1,4,8-9H,2-3,5-7H2,(H,12,13)/t8-,9+/m1/s1. The lowest BCUT2D eigenvalue weighted by atomic mass is 10.2. The average Bonchev–Trinajstić information content (AvgIpc) is 2.74. The number of carboxylic acids is 1. The summed E-state index contributed by atoms with van der Waals surface area (Å²) in [6.07, 6.45) is 8.36. The van der Waals surface area contributed by atoms with Gasteiger partial charge in [0.05, 0.1) is 0 Å². The number of carboxylic acid groups (broad SMARTS) is 1. The number of hydrogen-bond donors (Lipinski definition) is 1. The van der Waals surface area contributed by atoms with Gasteiger partial charge in [-0.3, -0.25) is 9.69 Å². The molecule has 2 rings (SSSR count). The van der Waals surface area contributed by atoms with Crippen LogP contribution in [0.1, 0.15) is 25.7 Å². The molecule has 1 heterocycles. The van der Waals surface area contributed by atoms with Gasteiger partial charge in [-0.25, -0.2) is 0 Å². The molecule has 0 aromatic heterocycles. The number of aliphatic carboxylic acids is 1. The molecule has 1 aliphatic heterocycles. The largest absolute Gasteiger partial charge is 0.480 e. The second kappa shape index (κ2) is 3.50. The van der Waals surface area contributed by atoms with Crippen molar-refractivity contribution >= 4 is 5.97 Å². The number of carbonyl (C=O) groups is 1. The molecule has 0 amide bonds. The van der Waals surface area contributed by atoms with Crippen molar-refractivity contribution in [1.82, 2.24) is 4.90 Å². The first-order chi connectivity index (χ1) is 6.29. The van der Waals surface area contributed by atoms with Crippen LogP contribution in [0.25, 0.3) is 0 Å². The van der Waals surface area contributed by atoms with Gasteiger partial charge in [-0.15, -0.1) is 0 Å². The molecule has 13 heavy (non-hydrogen) atoms. The van der Waals surface area contributed by atoms with Gasteiger partial charge < -0.3 is 5.11 Å². The van der Waals surface area contributed by atoms with E-state index in [1.807, 2.05) is 0 Å². The molecule has 72 valence electrons. The molecule has 0 radical (unpaired) electrons. The Bertz CT molecular complexity index is 237. The molecule has 2 atom stereocenters. The summed E-state index contributed by atoms with van der Waals surface area (Å²) in [5.74, 6) is -0.655. The zero-order valence-corrected chi connectivity index (χ0v) is 7.65. The molecule has 1 N–H and O–H groups in total. The fourth-order valence-corrected chi connectivity index (χ4v) is 2.34. The molecule has 0 aromatic carbocycles. The molecule has 2 aliphatic rings. The third-order valence-corrected chi connectivity index (χ3v) is 2.99. The van der Waals surface area contributed by atoms with Gasteiger partial charge in [0, 0.05) is 6.04 Å². The van der Waals surface area contributed by atoms with Gasteiger partial charge in [-0.1, -0.05) is 12.2 Å². The first-order valence-corrected chi connectivity index (χ1v) is 4.94. The Morgan fingerprint density at radius 1 is 1.46 bits per heavy atom. The van der Waals surface area contributed by atoms with Crippen molar-refractivity contribution in [3.05, 3.63) is 12.2 Å². The summed E-state index contributed by atoms with van der Waals surface area (Å²) in [6, 6.07) is 0.163. The second-order valence-electron chi connectivity index (χ2n) is 3.81. The Balaban J connectivity index is 2.04. The van der Waals surface area contributed by atoms with E-state index in [4.69, 9.17) is 5.11 Å². The van der Waals surface area contributed by atoms with E-state index in [0.29, 0.717) is 6.04 Å². The minimum Gasteiger partial charge on any atom is -0.480 e. The molecule has 0 saturated carbocycles. The normalized spacial score (nSPS) is 34.2. The Hall–Kier alpha value is -0.830. The summed E-state index contributed by atoms with van der Waals surface area (Å²) in [5, 5.41) is 8.98. The van der Waals surface area contributed by atoms with Crippen LogP contribution in [0.5, 0.6) is 0 Å². The summed E-state index contributed by atoms with van der Waals surface area (Å²) in [4.78, 5) is 13.0. The Labute approximate surface area is 78.0 Å². The van der Waals surface area contributed by atoms with Crippen molar-refractivity contribution in [2.45, 2.75) is 37.8 Å². The molecule has 1 fully saturated rings. The first kappa shape index (κ1) is 8.75. The zero-order chi connectivity index (χ0) is 9.26. The number of rotatable bonds is 2. The van der Waals surface area contributed by atoms with Crippen molar-refractivity contribution in [3.8, 4) is 0 Å². The predicted molar refractivity (Wildman–Crippen MR) is 49.5 cm³/mol. The molecule has 0 bridgehead atoms. The monoisotopic (exact) mass is 181 g/mol. The van der Waals surface area contributed by atoms with Crippen LogP contribution in [0.3, 0.4) is 0 Å². The summed E-state index contributed by atoms with van der Waals surface area (Å²) in [7, 11) is 0. The maximum atomic E-state index is 10.9. The highest BCUT2D eigenvalue weighted by Crippen LogP contribution is 2.25. The van der Waals surface area contributed by atoms with Crippen molar-refractivity contribution in [1.29, 1.82) is 0 Å².